The first kappa shape index (κ1) is 15.2. The number of nitrogens with zero attached hydrogens (tertiary/aromatic N) is 4. The van der Waals surface area contributed by atoms with Crippen LogP contribution in [0, 0.1) is 13.8 Å². The Kier molecular flexibility index (Phi) is 4.37. The Balaban J connectivity index is 2.23. The molecule has 6 nitrogen and oxygen atoms in total. The van der Waals surface area contributed by atoms with Gasteiger partial charge in [-0.05, 0) is 39.0 Å². The van der Waals surface area contributed by atoms with Crippen molar-refractivity contribution in [3.63, 3.8) is 0 Å². The molecule has 1 atom stereocenters. The number of hydrogen-bond acceptors (Lipinski definition) is 4. The number of aryl methyl sites for hydroxylation is 2. The quantitative estimate of drug-likeness (QED) is 0.919. The van der Waals surface area contributed by atoms with E-state index in [2.05, 4.69) is 10.1 Å². The summed E-state index contributed by atoms with van der Waals surface area (Å²) in [6.45, 7) is 6.25. The van der Waals surface area contributed by atoms with E-state index in [1.54, 1.807) is 35.0 Å². The Labute approximate surface area is 124 Å². The Bertz CT molecular complexity index is 632. The number of carbonyl (C=O) groups is 1. The zero-order chi connectivity index (χ0) is 15.6. The highest BCUT2D eigenvalue weighted by atomic mass is 16.2. The molecule has 1 amide bonds. The highest BCUT2D eigenvalue weighted by molar-refractivity contribution is 5.94. The molecule has 2 aromatic heterocycles. The van der Waals surface area contributed by atoms with Gasteiger partial charge in [-0.1, -0.05) is 0 Å². The molecule has 0 aliphatic rings. The third-order valence-corrected chi connectivity index (χ3v) is 3.54. The molecule has 112 valence electrons. The molecule has 2 N–H and O–H groups in total. The molecule has 0 spiro atoms. The third kappa shape index (κ3) is 3.11. The minimum absolute atomic E-state index is 0.00631. The lowest BCUT2D eigenvalue weighted by Crippen LogP contribution is -2.39. The largest absolute Gasteiger partial charge is 0.338 e. The van der Waals surface area contributed by atoms with Gasteiger partial charge < -0.3 is 10.6 Å². The van der Waals surface area contributed by atoms with Crippen molar-refractivity contribution in [1.29, 1.82) is 0 Å². The van der Waals surface area contributed by atoms with Gasteiger partial charge in [-0.25, -0.2) is 9.67 Å². The lowest BCUT2D eigenvalue weighted by Gasteiger charge is -2.23. The van der Waals surface area contributed by atoms with Crippen molar-refractivity contribution < 1.29 is 4.79 Å². The molecule has 2 aromatic rings. The first-order chi connectivity index (χ1) is 9.93. The molecule has 2 heterocycles. The summed E-state index contributed by atoms with van der Waals surface area (Å²) < 4.78 is 1.76. The smallest absolute Gasteiger partial charge is 0.255 e. The van der Waals surface area contributed by atoms with E-state index in [0.717, 1.165) is 11.4 Å². The number of pyridine rings is 1. The summed E-state index contributed by atoms with van der Waals surface area (Å²) in [5, 5.41) is 4.37. The average molecular weight is 287 g/mol. The van der Waals surface area contributed by atoms with Gasteiger partial charge in [0.2, 0.25) is 0 Å². The van der Waals surface area contributed by atoms with E-state index in [0.29, 0.717) is 17.9 Å². The molecule has 21 heavy (non-hydrogen) atoms. The fourth-order valence-electron chi connectivity index (χ4n) is 2.06. The fraction of sp³-hybridized carbons (Fsp3) is 0.400. The van der Waals surface area contributed by atoms with E-state index >= 15 is 0 Å². The van der Waals surface area contributed by atoms with Crippen LogP contribution in [-0.4, -0.2) is 45.2 Å². The SMILES string of the molecule is Cc1cc(C)n(-c2ccc(C(=O)N(C)C(C)CN)cn2)n1. The molecule has 0 radical (unpaired) electrons. The van der Waals surface area contributed by atoms with Gasteiger partial charge in [0, 0.05) is 31.5 Å². The highest BCUT2D eigenvalue weighted by Gasteiger charge is 2.17. The van der Waals surface area contributed by atoms with Crippen LogP contribution in [0.25, 0.3) is 5.82 Å². The van der Waals surface area contributed by atoms with Gasteiger partial charge in [-0.15, -0.1) is 0 Å². The summed E-state index contributed by atoms with van der Waals surface area (Å²) in [6.07, 6.45) is 1.58. The molecule has 1 unspecified atom stereocenters. The van der Waals surface area contributed by atoms with Crippen LogP contribution < -0.4 is 5.73 Å². The van der Waals surface area contributed by atoms with E-state index in [4.69, 9.17) is 5.73 Å². The summed E-state index contributed by atoms with van der Waals surface area (Å²) in [7, 11) is 1.74. The summed E-state index contributed by atoms with van der Waals surface area (Å²) in [6, 6.07) is 5.54. The minimum Gasteiger partial charge on any atom is -0.338 e. The third-order valence-electron chi connectivity index (χ3n) is 3.54. The summed E-state index contributed by atoms with van der Waals surface area (Å²) in [5.74, 6) is 0.618. The van der Waals surface area contributed by atoms with E-state index < -0.39 is 0 Å². The van der Waals surface area contributed by atoms with Crippen LogP contribution in [0.2, 0.25) is 0 Å². The Morgan fingerprint density at radius 1 is 1.43 bits per heavy atom. The molecule has 0 aliphatic carbocycles. The molecular formula is C15H21N5O. The lowest BCUT2D eigenvalue weighted by atomic mass is 10.2. The number of hydrogen-bond donors (Lipinski definition) is 1. The van der Waals surface area contributed by atoms with E-state index in [-0.39, 0.29) is 11.9 Å². The number of amides is 1. The molecule has 0 aliphatic heterocycles. The first-order valence-electron chi connectivity index (χ1n) is 6.91. The van der Waals surface area contributed by atoms with Crippen molar-refractivity contribution in [2.24, 2.45) is 5.73 Å². The maximum Gasteiger partial charge on any atom is 0.255 e. The second-order valence-electron chi connectivity index (χ2n) is 5.24. The average Bonchev–Trinajstić information content (AvgIpc) is 2.83. The second-order valence-corrected chi connectivity index (χ2v) is 5.24. The predicted octanol–water partition coefficient (Wildman–Crippen LogP) is 1.30. The number of aromatic nitrogens is 3. The summed E-state index contributed by atoms with van der Waals surface area (Å²) in [5.41, 5.74) is 8.07. The molecule has 0 bridgehead atoms. The predicted molar refractivity (Wildman–Crippen MR) is 81.4 cm³/mol. The first-order valence-corrected chi connectivity index (χ1v) is 6.91. The molecule has 0 saturated heterocycles. The molecule has 2 rings (SSSR count). The number of likely N-dealkylation sites (N-methyl/N-ethyl adjacent to an activating group) is 1. The van der Waals surface area contributed by atoms with Gasteiger partial charge in [0.1, 0.15) is 0 Å². The van der Waals surface area contributed by atoms with Gasteiger partial charge in [-0.2, -0.15) is 5.10 Å². The van der Waals surface area contributed by atoms with Crippen LogP contribution in [-0.2, 0) is 0 Å². The van der Waals surface area contributed by atoms with Crippen molar-refractivity contribution in [1.82, 2.24) is 19.7 Å². The van der Waals surface area contributed by atoms with Crippen molar-refractivity contribution in [2.45, 2.75) is 26.8 Å². The van der Waals surface area contributed by atoms with Crippen LogP contribution in [0.15, 0.2) is 24.4 Å². The van der Waals surface area contributed by atoms with Gasteiger partial charge in [-0.3, -0.25) is 4.79 Å². The monoisotopic (exact) mass is 287 g/mol. The van der Waals surface area contributed by atoms with Crippen molar-refractivity contribution in [3.05, 3.63) is 41.3 Å². The lowest BCUT2D eigenvalue weighted by molar-refractivity contribution is 0.0748. The molecule has 0 saturated carbocycles. The molecule has 0 aromatic carbocycles. The Morgan fingerprint density at radius 2 is 2.14 bits per heavy atom. The number of carbonyl (C=O) groups excluding carboxylic acids is 1. The van der Waals surface area contributed by atoms with Crippen LogP contribution >= 0.6 is 0 Å². The normalized spacial score (nSPS) is 12.2. The molecular weight excluding hydrogens is 266 g/mol. The second kappa shape index (κ2) is 6.05. The topological polar surface area (TPSA) is 77.0 Å². The van der Waals surface area contributed by atoms with Crippen LogP contribution in [0.1, 0.15) is 28.7 Å². The van der Waals surface area contributed by atoms with Crippen molar-refractivity contribution >= 4 is 5.91 Å². The number of rotatable bonds is 4. The van der Waals surface area contributed by atoms with Gasteiger partial charge >= 0.3 is 0 Å². The fourth-order valence-corrected chi connectivity index (χ4v) is 2.06. The van der Waals surface area contributed by atoms with Gasteiger partial charge in [0.15, 0.2) is 5.82 Å². The molecule has 6 heteroatoms. The maximum atomic E-state index is 12.3. The maximum absolute atomic E-state index is 12.3. The van der Waals surface area contributed by atoms with Gasteiger partial charge in [0.05, 0.1) is 11.3 Å². The Morgan fingerprint density at radius 3 is 2.62 bits per heavy atom. The standard InChI is InChI=1S/C15H21N5O/c1-10-7-11(2)20(18-10)14-6-5-13(9-17-14)15(21)19(4)12(3)8-16/h5-7,9,12H,8,16H2,1-4H3. The van der Waals surface area contributed by atoms with Gasteiger partial charge in [0.25, 0.3) is 5.91 Å². The van der Waals surface area contributed by atoms with E-state index in [1.807, 2.05) is 26.8 Å². The van der Waals surface area contributed by atoms with E-state index in [9.17, 15) is 4.79 Å². The summed E-state index contributed by atoms with van der Waals surface area (Å²) >= 11 is 0. The van der Waals surface area contributed by atoms with Crippen LogP contribution in [0.5, 0.6) is 0 Å². The summed E-state index contributed by atoms with van der Waals surface area (Å²) in [4.78, 5) is 18.2. The highest BCUT2D eigenvalue weighted by Crippen LogP contribution is 2.11. The van der Waals surface area contributed by atoms with Crippen molar-refractivity contribution in [2.75, 3.05) is 13.6 Å². The zero-order valence-corrected chi connectivity index (χ0v) is 12.9. The Hall–Kier alpha value is -2.21. The van der Waals surface area contributed by atoms with Crippen LogP contribution in [0.4, 0.5) is 0 Å². The van der Waals surface area contributed by atoms with Crippen LogP contribution in [0.3, 0.4) is 0 Å². The number of nitrogens with two attached hydrogens (primary N) is 1. The van der Waals surface area contributed by atoms with E-state index in [1.165, 1.54) is 0 Å². The zero-order valence-electron chi connectivity index (χ0n) is 12.9. The van der Waals surface area contributed by atoms with Crippen molar-refractivity contribution in [3.8, 4) is 5.82 Å². The minimum atomic E-state index is -0.0830. The molecule has 0 fully saturated rings.